The van der Waals surface area contributed by atoms with Crippen LogP contribution in [-0.2, 0) is 21.0 Å². The van der Waals surface area contributed by atoms with E-state index in [0.29, 0.717) is 27.8 Å². The molecule has 2 aromatic carbocycles. The van der Waals surface area contributed by atoms with E-state index in [9.17, 15) is 9.59 Å². The van der Waals surface area contributed by atoms with E-state index in [1.807, 2.05) is 12.1 Å². The minimum Gasteiger partial charge on any atom is -0.317 e. The molecule has 0 spiro atoms. The molecule has 0 saturated heterocycles. The van der Waals surface area contributed by atoms with Gasteiger partial charge in [-0.3, -0.25) is 4.79 Å². The predicted octanol–water partition coefficient (Wildman–Crippen LogP) is 4.44. The summed E-state index contributed by atoms with van der Waals surface area (Å²) in [4.78, 5) is 31.0. The number of carbonyl (C=O) groups excluding carboxylic acids is 2. The SMILES string of the molecule is CC(C)C(=O)O/N=C1/C(=O)N(Cc2ccc(Cl)c(Cl)c2)c2ccccc21. The molecule has 0 aromatic heterocycles. The first-order valence-corrected chi connectivity index (χ1v) is 8.78. The first-order valence-electron chi connectivity index (χ1n) is 8.02. The van der Waals surface area contributed by atoms with Crippen LogP contribution in [0.5, 0.6) is 0 Å². The van der Waals surface area contributed by atoms with Crippen LogP contribution in [0, 0.1) is 5.92 Å². The Balaban J connectivity index is 1.92. The van der Waals surface area contributed by atoms with Gasteiger partial charge >= 0.3 is 5.97 Å². The summed E-state index contributed by atoms with van der Waals surface area (Å²) < 4.78 is 0. The number of nitrogens with zero attached hydrogens (tertiary/aromatic N) is 2. The first-order chi connectivity index (χ1) is 12.4. The third-order valence-corrected chi connectivity index (χ3v) is 4.66. The fraction of sp³-hybridized carbons (Fsp3) is 0.211. The van der Waals surface area contributed by atoms with Crippen LogP contribution in [0.2, 0.25) is 10.0 Å². The number of oxime groups is 1. The molecule has 5 nitrogen and oxygen atoms in total. The van der Waals surface area contributed by atoms with Gasteiger partial charge in [0.25, 0.3) is 5.91 Å². The summed E-state index contributed by atoms with van der Waals surface area (Å²) >= 11 is 12.0. The highest BCUT2D eigenvalue weighted by Gasteiger charge is 2.34. The zero-order chi connectivity index (χ0) is 18.8. The van der Waals surface area contributed by atoms with Crippen LogP contribution in [0.3, 0.4) is 0 Å². The maximum atomic E-state index is 12.8. The first kappa shape index (κ1) is 18.4. The Morgan fingerprint density at radius 1 is 1.15 bits per heavy atom. The van der Waals surface area contributed by atoms with Crippen molar-refractivity contribution in [3.05, 3.63) is 63.6 Å². The van der Waals surface area contributed by atoms with Crippen LogP contribution in [0.15, 0.2) is 47.6 Å². The highest BCUT2D eigenvalue weighted by atomic mass is 35.5. The summed E-state index contributed by atoms with van der Waals surface area (Å²) in [5.41, 5.74) is 2.25. The van der Waals surface area contributed by atoms with Crippen LogP contribution in [0.4, 0.5) is 5.69 Å². The normalized spacial score (nSPS) is 14.9. The maximum absolute atomic E-state index is 12.8. The molecule has 134 valence electrons. The van der Waals surface area contributed by atoms with Crippen molar-refractivity contribution in [2.45, 2.75) is 20.4 Å². The zero-order valence-corrected chi connectivity index (χ0v) is 15.7. The topological polar surface area (TPSA) is 59.0 Å². The number of rotatable bonds is 4. The minimum absolute atomic E-state index is 0.106. The average molecular weight is 391 g/mol. The summed E-state index contributed by atoms with van der Waals surface area (Å²) in [5.74, 6) is -1.17. The number of carbonyl (C=O) groups is 2. The molecule has 0 radical (unpaired) electrons. The third-order valence-electron chi connectivity index (χ3n) is 3.92. The van der Waals surface area contributed by atoms with Crippen LogP contribution in [0.1, 0.15) is 25.0 Å². The Labute approximate surface area is 161 Å². The Hall–Kier alpha value is -2.37. The molecule has 3 rings (SSSR count). The van der Waals surface area contributed by atoms with Gasteiger partial charge in [0, 0.05) is 5.56 Å². The van der Waals surface area contributed by atoms with E-state index in [-0.39, 0.29) is 17.5 Å². The molecule has 0 N–H and O–H groups in total. The Kier molecular flexibility index (Phi) is 5.30. The smallest absolute Gasteiger partial charge is 0.317 e. The van der Waals surface area contributed by atoms with Crippen LogP contribution in [-0.4, -0.2) is 17.6 Å². The molecular weight excluding hydrogens is 375 g/mol. The van der Waals surface area contributed by atoms with Gasteiger partial charge in [-0.15, -0.1) is 0 Å². The van der Waals surface area contributed by atoms with E-state index < -0.39 is 5.97 Å². The van der Waals surface area contributed by atoms with Crippen molar-refractivity contribution in [3.8, 4) is 0 Å². The van der Waals surface area contributed by atoms with Crippen molar-refractivity contribution in [1.29, 1.82) is 0 Å². The van der Waals surface area contributed by atoms with Gasteiger partial charge in [0.05, 0.1) is 28.2 Å². The number of hydrogen-bond acceptors (Lipinski definition) is 4. The van der Waals surface area contributed by atoms with E-state index in [4.69, 9.17) is 28.0 Å². The molecule has 0 fully saturated rings. The highest BCUT2D eigenvalue weighted by molar-refractivity contribution is 6.54. The van der Waals surface area contributed by atoms with E-state index >= 15 is 0 Å². The predicted molar refractivity (Wildman–Crippen MR) is 102 cm³/mol. The molecule has 0 aliphatic carbocycles. The van der Waals surface area contributed by atoms with Crippen molar-refractivity contribution < 1.29 is 14.4 Å². The Morgan fingerprint density at radius 2 is 1.88 bits per heavy atom. The molecule has 0 saturated carbocycles. The van der Waals surface area contributed by atoms with Crippen LogP contribution >= 0.6 is 23.2 Å². The molecule has 1 aliphatic rings. The third kappa shape index (κ3) is 3.59. The minimum atomic E-state index is -0.495. The zero-order valence-electron chi connectivity index (χ0n) is 14.2. The Morgan fingerprint density at radius 3 is 2.58 bits per heavy atom. The number of anilines is 1. The van der Waals surface area contributed by atoms with E-state index in [2.05, 4.69) is 5.16 Å². The molecule has 26 heavy (non-hydrogen) atoms. The fourth-order valence-electron chi connectivity index (χ4n) is 2.52. The number of fused-ring (bicyclic) bond motifs is 1. The standard InChI is InChI=1S/C19H16Cl2N2O3/c1-11(2)19(25)26-22-17-13-5-3-4-6-16(13)23(18(17)24)10-12-7-8-14(20)15(21)9-12/h3-9,11H,10H2,1-2H3/b22-17+. The van der Waals surface area contributed by atoms with Gasteiger partial charge in [0.2, 0.25) is 0 Å². The molecule has 0 unspecified atom stereocenters. The second-order valence-electron chi connectivity index (χ2n) is 6.16. The van der Waals surface area contributed by atoms with Gasteiger partial charge in [-0.2, -0.15) is 0 Å². The van der Waals surface area contributed by atoms with E-state index in [1.165, 1.54) is 0 Å². The largest absolute Gasteiger partial charge is 0.337 e. The number of amides is 1. The summed E-state index contributed by atoms with van der Waals surface area (Å²) in [6.45, 7) is 3.69. The molecule has 1 aliphatic heterocycles. The van der Waals surface area contributed by atoms with Gasteiger partial charge in [-0.05, 0) is 23.8 Å². The monoisotopic (exact) mass is 390 g/mol. The van der Waals surface area contributed by atoms with E-state index in [0.717, 1.165) is 5.56 Å². The van der Waals surface area contributed by atoms with Gasteiger partial charge in [0.1, 0.15) is 0 Å². The lowest BCUT2D eigenvalue weighted by atomic mass is 10.1. The van der Waals surface area contributed by atoms with E-state index in [1.54, 1.807) is 49.1 Å². The van der Waals surface area contributed by atoms with Crippen molar-refractivity contribution in [1.82, 2.24) is 0 Å². The molecule has 0 bridgehead atoms. The number of hydrogen-bond donors (Lipinski definition) is 0. The van der Waals surface area contributed by atoms with Crippen LogP contribution in [0.25, 0.3) is 0 Å². The second kappa shape index (κ2) is 7.48. The second-order valence-corrected chi connectivity index (χ2v) is 6.98. The van der Waals surface area contributed by atoms with Gasteiger partial charge in [0.15, 0.2) is 5.71 Å². The highest BCUT2D eigenvalue weighted by Crippen LogP contribution is 2.32. The quantitative estimate of drug-likeness (QED) is 0.572. The van der Waals surface area contributed by atoms with Gasteiger partial charge < -0.3 is 9.74 Å². The molecule has 1 heterocycles. The van der Waals surface area contributed by atoms with Crippen molar-refractivity contribution in [2.24, 2.45) is 11.1 Å². The maximum Gasteiger partial charge on any atom is 0.337 e. The van der Waals surface area contributed by atoms with Crippen molar-refractivity contribution >= 4 is 46.5 Å². The Bertz CT molecular complexity index is 909. The molecule has 7 heteroatoms. The molecule has 0 atom stereocenters. The molecule has 1 amide bonds. The lowest BCUT2D eigenvalue weighted by Gasteiger charge is -2.17. The fourth-order valence-corrected chi connectivity index (χ4v) is 2.84. The number of para-hydroxylation sites is 1. The summed E-state index contributed by atoms with van der Waals surface area (Å²) in [5, 5.41) is 4.69. The number of benzene rings is 2. The lowest BCUT2D eigenvalue weighted by Crippen LogP contribution is -2.30. The van der Waals surface area contributed by atoms with Crippen LogP contribution < -0.4 is 4.90 Å². The summed E-state index contributed by atoms with van der Waals surface area (Å²) in [6, 6.07) is 12.4. The summed E-state index contributed by atoms with van der Waals surface area (Å²) in [6.07, 6.45) is 0. The van der Waals surface area contributed by atoms with Crippen molar-refractivity contribution in [3.63, 3.8) is 0 Å². The lowest BCUT2D eigenvalue weighted by molar-refractivity contribution is -0.147. The molecular formula is C19H16Cl2N2O3. The van der Waals surface area contributed by atoms with Crippen molar-refractivity contribution in [2.75, 3.05) is 4.90 Å². The van der Waals surface area contributed by atoms with Gasteiger partial charge in [-0.1, -0.05) is 66.5 Å². The summed E-state index contributed by atoms with van der Waals surface area (Å²) in [7, 11) is 0. The number of halogens is 2. The van der Waals surface area contributed by atoms with Gasteiger partial charge in [-0.25, -0.2) is 4.79 Å². The average Bonchev–Trinajstić information content (AvgIpc) is 2.88. The molecule has 2 aromatic rings.